The number of hydrogen-bond donors (Lipinski definition) is 1. The summed E-state index contributed by atoms with van der Waals surface area (Å²) in [4.78, 5) is 0. The number of aryl methyl sites for hydroxylation is 1. The van der Waals surface area contributed by atoms with E-state index in [4.69, 9.17) is 5.73 Å². The van der Waals surface area contributed by atoms with Gasteiger partial charge in [-0.05, 0) is 36.1 Å². The van der Waals surface area contributed by atoms with E-state index in [0.717, 1.165) is 18.4 Å². The molecule has 0 aliphatic rings. The number of benzene rings is 2. The maximum absolute atomic E-state index is 13.6. The average molecular weight is 275 g/mol. The van der Waals surface area contributed by atoms with E-state index in [2.05, 4.69) is 6.92 Å². The number of halogens is 2. The predicted molar refractivity (Wildman–Crippen MR) is 77.4 cm³/mol. The molecule has 2 rings (SSSR count). The van der Waals surface area contributed by atoms with Crippen molar-refractivity contribution >= 4 is 0 Å². The molecular weight excluding hydrogens is 256 g/mol. The molecule has 0 saturated carbocycles. The summed E-state index contributed by atoms with van der Waals surface area (Å²) in [5, 5.41) is 0. The fourth-order valence-corrected chi connectivity index (χ4v) is 2.29. The summed E-state index contributed by atoms with van der Waals surface area (Å²) in [5.41, 5.74) is 8.26. The number of hydrogen-bond acceptors (Lipinski definition) is 1. The van der Waals surface area contributed by atoms with Crippen LogP contribution in [0.4, 0.5) is 8.78 Å². The first-order valence-corrected chi connectivity index (χ1v) is 6.89. The summed E-state index contributed by atoms with van der Waals surface area (Å²) in [6.07, 6.45) is 2.27. The zero-order valence-corrected chi connectivity index (χ0v) is 11.6. The zero-order chi connectivity index (χ0) is 14.5. The van der Waals surface area contributed by atoms with Crippen molar-refractivity contribution in [3.63, 3.8) is 0 Å². The topological polar surface area (TPSA) is 26.0 Å². The van der Waals surface area contributed by atoms with Crippen LogP contribution in [0.3, 0.4) is 0 Å². The molecule has 0 spiro atoms. The van der Waals surface area contributed by atoms with Gasteiger partial charge in [-0.25, -0.2) is 8.78 Å². The van der Waals surface area contributed by atoms with Gasteiger partial charge in [-0.3, -0.25) is 0 Å². The standard InChI is InChI=1S/C17H19F2N/c1-2-4-12-7-9-13(10-8-12)17(20)11-14-15(18)5-3-6-16(14)19/h3,5-10,17H,2,4,11,20H2,1H3. The second-order valence-electron chi connectivity index (χ2n) is 5.00. The van der Waals surface area contributed by atoms with Gasteiger partial charge >= 0.3 is 0 Å². The van der Waals surface area contributed by atoms with Crippen molar-refractivity contribution in [3.05, 3.63) is 70.8 Å². The molecule has 0 heterocycles. The average Bonchev–Trinajstić information content (AvgIpc) is 2.44. The second-order valence-corrected chi connectivity index (χ2v) is 5.00. The van der Waals surface area contributed by atoms with Gasteiger partial charge in [0.05, 0.1) is 0 Å². The molecule has 0 radical (unpaired) electrons. The van der Waals surface area contributed by atoms with Crippen LogP contribution in [-0.2, 0) is 12.8 Å². The first-order valence-electron chi connectivity index (χ1n) is 6.89. The van der Waals surface area contributed by atoms with Crippen LogP contribution in [0.25, 0.3) is 0 Å². The summed E-state index contributed by atoms with van der Waals surface area (Å²) >= 11 is 0. The predicted octanol–water partition coefficient (Wildman–Crippen LogP) is 4.16. The van der Waals surface area contributed by atoms with E-state index in [0.29, 0.717) is 0 Å². The van der Waals surface area contributed by atoms with E-state index < -0.39 is 17.7 Å². The van der Waals surface area contributed by atoms with Crippen LogP contribution in [0, 0.1) is 11.6 Å². The second kappa shape index (κ2) is 6.62. The molecule has 0 amide bonds. The minimum Gasteiger partial charge on any atom is -0.324 e. The molecule has 0 aromatic heterocycles. The van der Waals surface area contributed by atoms with Crippen LogP contribution in [0.2, 0.25) is 0 Å². The van der Waals surface area contributed by atoms with Crippen LogP contribution >= 0.6 is 0 Å². The molecule has 0 saturated heterocycles. The Kier molecular flexibility index (Phi) is 4.85. The number of rotatable bonds is 5. The van der Waals surface area contributed by atoms with E-state index in [-0.39, 0.29) is 12.0 Å². The Labute approximate surface area is 118 Å². The van der Waals surface area contributed by atoms with Gasteiger partial charge in [0.2, 0.25) is 0 Å². The van der Waals surface area contributed by atoms with Gasteiger partial charge < -0.3 is 5.73 Å². The normalized spacial score (nSPS) is 12.4. The van der Waals surface area contributed by atoms with Crippen LogP contribution in [0.5, 0.6) is 0 Å². The summed E-state index contributed by atoms with van der Waals surface area (Å²) in [5.74, 6) is -1.08. The van der Waals surface area contributed by atoms with Crippen molar-refractivity contribution in [2.24, 2.45) is 5.73 Å². The van der Waals surface area contributed by atoms with Gasteiger partial charge in [-0.1, -0.05) is 43.7 Å². The van der Waals surface area contributed by atoms with Crippen LogP contribution in [-0.4, -0.2) is 0 Å². The molecule has 0 aliphatic carbocycles. The SMILES string of the molecule is CCCc1ccc(C(N)Cc2c(F)cccc2F)cc1. The van der Waals surface area contributed by atoms with Gasteiger partial charge in [0, 0.05) is 11.6 Å². The molecule has 2 aromatic carbocycles. The van der Waals surface area contributed by atoms with Gasteiger partial charge in [0.25, 0.3) is 0 Å². The minimum atomic E-state index is -0.539. The highest BCUT2D eigenvalue weighted by Gasteiger charge is 2.14. The molecule has 2 aromatic rings. The Morgan fingerprint density at radius 1 is 1.00 bits per heavy atom. The zero-order valence-electron chi connectivity index (χ0n) is 11.6. The van der Waals surface area contributed by atoms with Crippen molar-refractivity contribution in [1.29, 1.82) is 0 Å². The van der Waals surface area contributed by atoms with E-state index in [1.165, 1.54) is 23.8 Å². The van der Waals surface area contributed by atoms with Crippen LogP contribution in [0.1, 0.15) is 36.1 Å². The van der Waals surface area contributed by atoms with Crippen molar-refractivity contribution in [2.75, 3.05) is 0 Å². The van der Waals surface area contributed by atoms with E-state index >= 15 is 0 Å². The molecule has 1 nitrogen and oxygen atoms in total. The summed E-state index contributed by atoms with van der Waals surface area (Å²) in [6, 6.07) is 11.4. The molecule has 0 bridgehead atoms. The van der Waals surface area contributed by atoms with Crippen LogP contribution in [0.15, 0.2) is 42.5 Å². The fourth-order valence-electron chi connectivity index (χ4n) is 2.29. The van der Waals surface area contributed by atoms with Crippen molar-refractivity contribution in [2.45, 2.75) is 32.2 Å². The van der Waals surface area contributed by atoms with E-state index in [1.807, 2.05) is 24.3 Å². The molecule has 1 atom stereocenters. The van der Waals surface area contributed by atoms with Gasteiger partial charge in [0.1, 0.15) is 11.6 Å². The fraction of sp³-hybridized carbons (Fsp3) is 0.294. The minimum absolute atomic E-state index is 0.0534. The molecule has 106 valence electrons. The Hall–Kier alpha value is -1.74. The third-order valence-corrected chi connectivity index (χ3v) is 3.43. The van der Waals surface area contributed by atoms with Gasteiger partial charge in [-0.15, -0.1) is 0 Å². The quantitative estimate of drug-likeness (QED) is 0.871. The molecule has 0 aliphatic heterocycles. The molecule has 3 heteroatoms. The highest BCUT2D eigenvalue weighted by atomic mass is 19.1. The highest BCUT2D eigenvalue weighted by Crippen LogP contribution is 2.21. The third kappa shape index (κ3) is 3.42. The molecular formula is C17H19F2N. The van der Waals surface area contributed by atoms with Crippen molar-refractivity contribution in [3.8, 4) is 0 Å². The Morgan fingerprint density at radius 2 is 1.60 bits per heavy atom. The summed E-state index contributed by atoms with van der Waals surface area (Å²) < 4.78 is 27.2. The van der Waals surface area contributed by atoms with Crippen LogP contribution < -0.4 is 5.73 Å². The summed E-state index contributed by atoms with van der Waals surface area (Å²) in [6.45, 7) is 2.13. The lowest BCUT2D eigenvalue weighted by Crippen LogP contribution is -2.15. The maximum atomic E-state index is 13.6. The third-order valence-electron chi connectivity index (χ3n) is 3.43. The monoisotopic (exact) mass is 275 g/mol. The Morgan fingerprint density at radius 3 is 2.15 bits per heavy atom. The maximum Gasteiger partial charge on any atom is 0.129 e. The molecule has 2 N–H and O–H groups in total. The van der Waals surface area contributed by atoms with E-state index in [9.17, 15) is 8.78 Å². The van der Waals surface area contributed by atoms with Gasteiger partial charge in [-0.2, -0.15) is 0 Å². The largest absolute Gasteiger partial charge is 0.324 e. The highest BCUT2D eigenvalue weighted by molar-refractivity contribution is 5.28. The first kappa shape index (κ1) is 14.7. The lowest BCUT2D eigenvalue weighted by atomic mass is 9.97. The smallest absolute Gasteiger partial charge is 0.129 e. The van der Waals surface area contributed by atoms with E-state index in [1.54, 1.807) is 0 Å². The Balaban J connectivity index is 2.13. The lowest BCUT2D eigenvalue weighted by Gasteiger charge is -2.14. The molecule has 20 heavy (non-hydrogen) atoms. The molecule has 1 unspecified atom stereocenters. The molecule has 0 fully saturated rings. The first-order chi connectivity index (χ1) is 9.61. The number of nitrogens with two attached hydrogens (primary N) is 1. The lowest BCUT2D eigenvalue weighted by molar-refractivity contribution is 0.540. The van der Waals surface area contributed by atoms with Crippen molar-refractivity contribution in [1.82, 2.24) is 0 Å². The van der Waals surface area contributed by atoms with Crippen molar-refractivity contribution < 1.29 is 8.78 Å². The Bertz CT molecular complexity index is 543. The summed E-state index contributed by atoms with van der Waals surface area (Å²) in [7, 11) is 0. The van der Waals surface area contributed by atoms with Gasteiger partial charge in [0.15, 0.2) is 0 Å².